The molecule has 1 atom stereocenters. The van der Waals surface area contributed by atoms with Crippen LogP contribution in [-0.2, 0) is 14.3 Å². The largest absolute Gasteiger partial charge is 0.468 e. The molecule has 0 N–H and O–H groups in total. The molecular formula is C8H12O3. The van der Waals surface area contributed by atoms with Crippen molar-refractivity contribution < 1.29 is 14.3 Å². The van der Waals surface area contributed by atoms with E-state index in [0.717, 1.165) is 19.3 Å². The van der Waals surface area contributed by atoms with Gasteiger partial charge < -0.3 is 9.53 Å². The van der Waals surface area contributed by atoms with Crippen molar-refractivity contribution >= 4 is 12.3 Å². The van der Waals surface area contributed by atoms with Crippen molar-refractivity contribution in [1.82, 2.24) is 0 Å². The quantitative estimate of drug-likeness (QED) is 0.344. The van der Waals surface area contributed by atoms with Crippen molar-refractivity contribution in [3.63, 3.8) is 0 Å². The third kappa shape index (κ3) is 1.59. The monoisotopic (exact) mass is 156 g/mol. The topological polar surface area (TPSA) is 43.4 Å². The van der Waals surface area contributed by atoms with Crippen molar-refractivity contribution in [2.45, 2.75) is 19.3 Å². The van der Waals surface area contributed by atoms with Gasteiger partial charge in [-0.2, -0.15) is 0 Å². The first kappa shape index (κ1) is 8.24. The summed E-state index contributed by atoms with van der Waals surface area (Å²) >= 11 is 0. The van der Waals surface area contributed by atoms with Crippen molar-refractivity contribution in [2.75, 3.05) is 7.11 Å². The van der Waals surface area contributed by atoms with Gasteiger partial charge >= 0.3 is 5.97 Å². The van der Waals surface area contributed by atoms with Crippen molar-refractivity contribution in [3.05, 3.63) is 0 Å². The van der Waals surface area contributed by atoms with Crippen molar-refractivity contribution in [3.8, 4) is 0 Å². The van der Waals surface area contributed by atoms with E-state index in [2.05, 4.69) is 4.74 Å². The van der Waals surface area contributed by atoms with E-state index in [-0.39, 0.29) is 11.9 Å². The SMILES string of the molecule is COC(=O)C(C=O)C1CCC1. The van der Waals surface area contributed by atoms with Gasteiger partial charge in [0, 0.05) is 0 Å². The normalized spacial score (nSPS) is 20.1. The van der Waals surface area contributed by atoms with Gasteiger partial charge in [-0.3, -0.25) is 4.79 Å². The molecule has 62 valence electrons. The summed E-state index contributed by atoms with van der Waals surface area (Å²) in [5.74, 6) is -0.640. The predicted molar refractivity (Wildman–Crippen MR) is 38.9 cm³/mol. The molecule has 11 heavy (non-hydrogen) atoms. The third-order valence-corrected chi connectivity index (χ3v) is 2.28. The minimum atomic E-state index is -0.506. The van der Waals surface area contributed by atoms with Crippen LogP contribution in [0.25, 0.3) is 0 Å². The lowest BCUT2D eigenvalue weighted by molar-refractivity contribution is -0.150. The molecule has 1 saturated carbocycles. The second kappa shape index (κ2) is 3.51. The number of aldehydes is 1. The predicted octanol–water partition coefficient (Wildman–Crippen LogP) is 0.775. The molecule has 0 saturated heterocycles. The van der Waals surface area contributed by atoms with E-state index in [9.17, 15) is 9.59 Å². The molecule has 1 rings (SSSR count). The fraction of sp³-hybridized carbons (Fsp3) is 0.750. The summed E-state index contributed by atoms with van der Waals surface area (Å²) < 4.78 is 4.49. The summed E-state index contributed by atoms with van der Waals surface area (Å²) in [4.78, 5) is 21.4. The molecule has 0 aliphatic heterocycles. The lowest BCUT2D eigenvalue weighted by atomic mass is 9.76. The molecule has 0 bridgehead atoms. The molecule has 0 radical (unpaired) electrons. The average Bonchev–Trinajstić information content (AvgIpc) is 1.94. The van der Waals surface area contributed by atoms with Gasteiger partial charge in [0.1, 0.15) is 12.2 Å². The van der Waals surface area contributed by atoms with Crippen LogP contribution in [0, 0.1) is 11.8 Å². The Labute approximate surface area is 65.7 Å². The van der Waals surface area contributed by atoms with E-state index in [1.807, 2.05) is 0 Å². The molecule has 0 aromatic heterocycles. The van der Waals surface area contributed by atoms with Gasteiger partial charge in [-0.25, -0.2) is 0 Å². The molecule has 3 heteroatoms. The minimum absolute atomic E-state index is 0.250. The van der Waals surface area contributed by atoms with Crippen LogP contribution in [-0.4, -0.2) is 19.4 Å². The van der Waals surface area contributed by atoms with Gasteiger partial charge in [0.25, 0.3) is 0 Å². The number of rotatable bonds is 3. The Kier molecular flexibility index (Phi) is 2.63. The minimum Gasteiger partial charge on any atom is -0.468 e. The van der Waals surface area contributed by atoms with Crippen molar-refractivity contribution in [1.29, 1.82) is 0 Å². The van der Waals surface area contributed by atoms with E-state index in [1.165, 1.54) is 7.11 Å². The maximum atomic E-state index is 10.9. The molecule has 0 aromatic carbocycles. The van der Waals surface area contributed by atoms with Crippen LogP contribution in [0.1, 0.15) is 19.3 Å². The van der Waals surface area contributed by atoms with Crippen LogP contribution in [0.4, 0.5) is 0 Å². The van der Waals surface area contributed by atoms with Gasteiger partial charge in [-0.15, -0.1) is 0 Å². The highest BCUT2D eigenvalue weighted by molar-refractivity contribution is 5.88. The number of ether oxygens (including phenoxy) is 1. The molecule has 1 aliphatic rings. The number of carbonyl (C=O) groups excluding carboxylic acids is 2. The molecule has 1 unspecified atom stereocenters. The lowest BCUT2D eigenvalue weighted by Gasteiger charge is -2.28. The second-order valence-electron chi connectivity index (χ2n) is 2.88. The molecule has 1 fully saturated rings. The maximum absolute atomic E-state index is 10.9. The summed E-state index contributed by atoms with van der Waals surface area (Å²) in [5.41, 5.74) is 0. The van der Waals surface area contributed by atoms with Gasteiger partial charge in [-0.1, -0.05) is 6.42 Å². The Morgan fingerprint density at radius 2 is 2.27 bits per heavy atom. The zero-order chi connectivity index (χ0) is 8.27. The van der Waals surface area contributed by atoms with Gasteiger partial charge in [-0.05, 0) is 18.8 Å². The number of carbonyl (C=O) groups is 2. The molecule has 1 aliphatic carbocycles. The summed E-state index contributed by atoms with van der Waals surface area (Å²) in [7, 11) is 1.32. The lowest BCUT2D eigenvalue weighted by Crippen LogP contribution is -2.30. The fourth-order valence-corrected chi connectivity index (χ4v) is 1.29. The summed E-state index contributed by atoms with van der Waals surface area (Å²) in [6.07, 6.45) is 3.80. The average molecular weight is 156 g/mol. The zero-order valence-electron chi connectivity index (χ0n) is 6.58. The summed E-state index contributed by atoms with van der Waals surface area (Å²) in [6, 6.07) is 0. The molecule has 0 amide bonds. The Morgan fingerprint density at radius 1 is 1.64 bits per heavy atom. The number of esters is 1. The highest BCUT2D eigenvalue weighted by Crippen LogP contribution is 2.32. The molecule has 0 aromatic rings. The first-order valence-electron chi connectivity index (χ1n) is 3.82. The van der Waals surface area contributed by atoms with E-state index in [0.29, 0.717) is 6.29 Å². The van der Waals surface area contributed by atoms with Crippen LogP contribution in [0.5, 0.6) is 0 Å². The summed E-state index contributed by atoms with van der Waals surface area (Å²) in [5, 5.41) is 0. The Bertz CT molecular complexity index is 161. The fourth-order valence-electron chi connectivity index (χ4n) is 1.29. The smallest absolute Gasteiger partial charge is 0.316 e. The maximum Gasteiger partial charge on any atom is 0.316 e. The summed E-state index contributed by atoms with van der Waals surface area (Å²) in [6.45, 7) is 0. The van der Waals surface area contributed by atoms with Crippen LogP contribution in [0.15, 0.2) is 0 Å². The van der Waals surface area contributed by atoms with Gasteiger partial charge in [0.05, 0.1) is 7.11 Å². The first-order chi connectivity index (χ1) is 5.29. The first-order valence-corrected chi connectivity index (χ1v) is 3.82. The molecule has 3 nitrogen and oxygen atoms in total. The molecule has 0 spiro atoms. The Balaban J connectivity index is 2.47. The van der Waals surface area contributed by atoms with Crippen LogP contribution >= 0.6 is 0 Å². The zero-order valence-corrected chi connectivity index (χ0v) is 6.58. The number of hydrogen-bond acceptors (Lipinski definition) is 3. The third-order valence-electron chi connectivity index (χ3n) is 2.28. The standard InChI is InChI=1S/C8H12O3/c1-11-8(10)7(5-9)6-3-2-4-6/h5-7H,2-4H2,1H3. The van der Waals surface area contributed by atoms with Crippen LogP contribution in [0.2, 0.25) is 0 Å². The van der Waals surface area contributed by atoms with E-state index in [1.54, 1.807) is 0 Å². The Morgan fingerprint density at radius 3 is 2.55 bits per heavy atom. The van der Waals surface area contributed by atoms with E-state index >= 15 is 0 Å². The van der Waals surface area contributed by atoms with E-state index < -0.39 is 5.92 Å². The molecular weight excluding hydrogens is 144 g/mol. The van der Waals surface area contributed by atoms with Gasteiger partial charge in [0.15, 0.2) is 0 Å². The number of methoxy groups -OCH3 is 1. The molecule has 0 heterocycles. The number of hydrogen-bond donors (Lipinski definition) is 0. The van der Waals surface area contributed by atoms with Crippen LogP contribution < -0.4 is 0 Å². The van der Waals surface area contributed by atoms with Crippen LogP contribution in [0.3, 0.4) is 0 Å². The Hall–Kier alpha value is -0.860. The second-order valence-corrected chi connectivity index (χ2v) is 2.88. The van der Waals surface area contributed by atoms with E-state index in [4.69, 9.17) is 0 Å². The highest BCUT2D eigenvalue weighted by Gasteiger charge is 2.32. The van der Waals surface area contributed by atoms with Crippen molar-refractivity contribution in [2.24, 2.45) is 11.8 Å². The van der Waals surface area contributed by atoms with Gasteiger partial charge in [0.2, 0.25) is 0 Å². The highest BCUT2D eigenvalue weighted by atomic mass is 16.5.